The van der Waals surface area contributed by atoms with Gasteiger partial charge in [-0.15, -0.1) is 10.2 Å². The van der Waals surface area contributed by atoms with Gasteiger partial charge >= 0.3 is 0 Å². The molecule has 0 unspecified atom stereocenters. The van der Waals surface area contributed by atoms with E-state index in [9.17, 15) is 0 Å². The van der Waals surface area contributed by atoms with E-state index >= 15 is 0 Å². The smallest absolute Gasteiger partial charge is 0.229 e. The highest BCUT2D eigenvalue weighted by Crippen LogP contribution is 2.39. The molecule has 0 atom stereocenters. The summed E-state index contributed by atoms with van der Waals surface area (Å²) in [5.41, 5.74) is 1.92. The van der Waals surface area contributed by atoms with Gasteiger partial charge in [-0.2, -0.15) is 4.98 Å². The summed E-state index contributed by atoms with van der Waals surface area (Å²) in [6, 6.07) is 15.6. The first kappa shape index (κ1) is 19.6. The molecular formula is C21H17Cl2N5OS. The second-order valence-electron chi connectivity index (χ2n) is 7.11. The molecule has 0 amide bonds. The molecular weight excluding hydrogens is 441 g/mol. The van der Waals surface area contributed by atoms with Crippen LogP contribution < -0.4 is 0 Å². The van der Waals surface area contributed by atoms with Crippen LogP contribution in [-0.2, 0) is 12.3 Å². The van der Waals surface area contributed by atoms with Crippen LogP contribution in [0.5, 0.6) is 0 Å². The molecule has 2 aromatic heterocycles. The Labute approximate surface area is 187 Å². The number of rotatable bonds is 7. The van der Waals surface area contributed by atoms with Crippen molar-refractivity contribution in [2.45, 2.75) is 36.2 Å². The minimum atomic E-state index is 0.441. The molecule has 0 bridgehead atoms. The third-order valence-corrected chi connectivity index (χ3v) is 6.32. The average molecular weight is 458 g/mol. The van der Waals surface area contributed by atoms with Crippen LogP contribution in [0.1, 0.15) is 36.0 Å². The monoisotopic (exact) mass is 457 g/mol. The van der Waals surface area contributed by atoms with E-state index in [1.165, 1.54) is 11.8 Å². The maximum atomic E-state index is 6.45. The van der Waals surface area contributed by atoms with E-state index in [2.05, 4.69) is 37.0 Å². The molecule has 0 spiro atoms. The van der Waals surface area contributed by atoms with Crippen LogP contribution in [0.2, 0.25) is 10.0 Å². The van der Waals surface area contributed by atoms with Crippen LogP contribution in [0.25, 0.3) is 11.4 Å². The van der Waals surface area contributed by atoms with E-state index in [0.29, 0.717) is 39.9 Å². The van der Waals surface area contributed by atoms with Gasteiger partial charge in [0.25, 0.3) is 0 Å². The number of benzene rings is 2. The van der Waals surface area contributed by atoms with Crippen molar-refractivity contribution in [3.05, 3.63) is 75.9 Å². The van der Waals surface area contributed by atoms with Crippen molar-refractivity contribution >= 4 is 35.0 Å². The molecule has 1 aliphatic carbocycles. The Morgan fingerprint density at radius 1 is 1.07 bits per heavy atom. The predicted molar refractivity (Wildman–Crippen MR) is 117 cm³/mol. The Bertz CT molecular complexity index is 1170. The van der Waals surface area contributed by atoms with Crippen LogP contribution in [0.15, 0.2) is 58.2 Å². The van der Waals surface area contributed by atoms with Crippen LogP contribution in [0.4, 0.5) is 0 Å². The van der Waals surface area contributed by atoms with Gasteiger partial charge < -0.3 is 4.52 Å². The van der Waals surface area contributed by atoms with E-state index in [-0.39, 0.29) is 0 Å². The summed E-state index contributed by atoms with van der Waals surface area (Å²) in [5, 5.41) is 14.8. The van der Waals surface area contributed by atoms with Gasteiger partial charge in [-0.1, -0.05) is 70.5 Å². The van der Waals surface area contributed by atoms with Gasteiger partial charge in [0.2, 0.25) is 5.89 Å². The molecule has 2 aromatic carbocycles. The topological polar surface area (TPSA) is 69.6 Å². The minimum Gasteiger partial charge on any atom is -0.339 e. The first-order valence-corrected chi connectivity index (χ1v) is 11.3. The van der Waals surface area contributed by atoms with E-state index in [1.54, 1.807) is 12.1 Å². The second-order valence-corrected chi connectivity index (χ2v) is 8.90. The van der Waals surface area contributed by atoms with Gasteiger partial charge in [-0.05, 0) is 36.6 Å². The number of hydrogen-bond donors (Lipinski definition) is 0. The van der Waals surface area contributed by atoms with Crippen LogP contribution in [0, 0.1) is 0 Å². The molecule has 6 nitrogen and oxygen atoms in total. The van der Waals surface area contributed by atoms with Gasteiger partial charge in [0.15, 0.2) is 16.8 Å². The number of halogens is 2. The lowest BCUT2D eigenvalue weighted by Gasteiger charge is -2.11. The molecule has 0 saturated heterocycles. The number of thioether (sulfide) groups is 1. The highest BCUT2D eigenvalue weighted by Gasteiger charge is 2.29. The molecule has 152 valence electrons. The molecule has 2 heterocycles. The zero-order chi connectivity index (χ0) is 20.5. The van der Waals surface area contributed by atoms with E-state index in [1.807, 2.05) is 24.3 Å². The summed E-state index contributed by atoms with van der Waals surface area (Å²) in [6.07, 6.45) is 2.26. The third kappa shape index (κ3) is 4.24. The molecule has 9 heteroatoms. The zero-order valence-electron chi connectivity index (χ0n) is 15.8. The SMILES string of the molecule is Clc1ccc(-c2nnc(SCc3noc(C4CC4)n3)n2Cc2ccccc2)c(Cl)c1. The standard InChI is InChI=1S/C21H17Cl2N5OS/c22-15-8-9-16(17(23)10-15)19-25-26-21(28(19)11-13-4-2-1-3-5-13)30-12-18-24-20(29-27-18)14-6-7-14/h1-5,8-10,14H,6-7,11-12H2. The molecule has 4 aromatic rings. The number of aromatic nitrogens is 5. The van der Waals surface area contributed by atoms with Gasteiger partial charge in [0.05, 0.1) is 17.3 Å². The van der Waals surface area contributed by atoms with Gasteiger partial charge in [0.1, 0.15) is 0 Å². The molecule has 1 saturated carbocycles. The van der Waals surface area contributed by atoms with Crippen molar-refractivity contribution in [1.82, 2.24) is 24.9 Å². The molecule has 5 rings (SSSR count). The second kappa shape index (κ2) is 8.41. The molecule has 1 fully saturated rings. The van der Waals surface area contributed by atoms with E-state index < -0.39 is 0 Å². The lowest BCUT2D eigenvalue weighted by atomic mass is 10.2. The number of hydrogen-bond acceptors (Lipinski definition) is 6. The first-order valence-electron chi connectivity index (χ1n) is 9.55. The molecule has 0 aliphatic heterocycles. The predicted octanol–water partition coefficient (Wildman–Crippen LogP) is 5.85. The fourth-order valence-electron chi connectivity index (χ4n) is 3.13. The largest absolute Gasteiger partial charge is 0.339 e. The van der Waals surface area contributed by atoms with Crippen molar-refractivity contribution in [2.24, 2.45) is 0 Å². The lowest BCUT2D eigenvalue weighted by molar-refractivity contribution is 0.375. The molecule has 0 radical (unpaired) electrons. The molecule has 1 aliphatic rings. The summed E-state index contributed by atoms with van der Waals surface area (Å²) in [5.74, 6) is 3.09. The van der Waals surface area contributed by atoms with Crippen LogP contribution >= 0.6 is 35.0 Å². The maximum absolute atomic E-state index is 6.45. The Hall–Kier alpha value is -2.35. The van der Waals surface area contributed by atoms with Crippen molar-refractivity contribution in [3.63, 3.8) is 0 Å². The van der Waals surface area contributed by atoms with Gasteiger partial charge in [-0.3, -0.25) is 4.57 Å². The zero-order valence-corrected chi connectivity index (χ0v) is 18.2. The first-order chi connectivity index (χ1) is 14.7. The van der Waals surface area contributed by atoms with Crippen LogP contribution in [-0.4, -0.2) is 24.9 Å². The number of nitrogens with zero attached hydrogens (tertiary/aromatic N) is 5. The van der Waals surface area contributed by atoms with E-state index in [0.717, 1.165) is 35.0 Å². The Balaban J connectivity index is 1.45. The quantitative estimate of drug-likeness (QED) is 0.324. The average Bonchev–Trinajstić information content (AvgIpc) is 3.37. The molecule has 0 N–H and O–H groups in total. The normalized spacial score (nSPS) is 13.7. The Kier molecular flexibility index (Phi) is 5.50. The summed E-state index contributed by atoms with van der Waals surface area (Å²) in [6.45, 7) is 0.615. The fraction of sp³-hybridized carbons (Fsp3) is 0.238. The summed E-state index contributed by atoms with van der Waals surface area (Å²) in [4.78, 5) is 4.50. The van der Waals surface area contributed by atoms with Gasteiger partial charge in [-0.25, -0.2) is 0 Å². The van der Waals surface area contributed by atoms with Gasteiger partial charge in [0, 0.05) is 16.5 Å². The van der Waals surface area contributed by atoms with Crippen molar-refractivity contribution < 1.29 is 4.52 Å². The van der Waals surface area contributed by atoms with E-state index in [4.69, 9.17) is 27.7 Å². The highest BCUT2D eigenvalue weighted by atomic mass is 35.5. The Morgan fingerprint density at radius 3 is 2.67 bits per heavy atom. The summed E-state index contributed by atoms with van der Waals surface area (Å²) < 4.78 is 7.41. The maximum Gasteiger partial charge on any atom is 0.229 e. The Morgan fingerprint density at radius 2 is 1.90 bits per heavy atom. The van der Waals surface area contributed by atoms with Crippen LogP contribution in [0.3, 0.4) is 0 Å². The lowest BCUT2D eigenvalue weighted by Crippen LogP contribution is -2.04. The minimum absolute atomic E-state index is 0.441. The van der Waals surface area contributed by atoms with Crippen molar-refractivity contribution in [1.29, 1.82) is 0 Å². The fourth-order valence-corrected chi connectivity index (χ4v) is 4.40. The summed E-state index contributed by atoms with van der Waals surface area (Å²) >= 11 is 14.1. The van der Waals surface area contributed by atoms with Crippen molar-refractivity contribution in [2.75, 3.05) is 0 Å². The van der Waals surface area contributed by atoms with Crippen molar-refractivity contribution in [3.8, 4) is 11.4 Å². The highest BCUT2D eigenvalue weighted by molar-refractivity contribution is 7.98. The third-order valence-electron chi connectivity index (χ3n) is 4.81. The summed E-state index contributed by atoms with van der Waals surface area (Å²) in [7, 11) is 0. The molecule has 30 heavy (non-hydrogen) atoms.